The first kappa shape index (κ1) is 23.9. The largest absolute Gasteiger partial charge is 0.465 e. The van der Waals surface area contributed by atoms with Crippen molar-refractivity contribution in [3.05, 3.63) is 45.8 Å². The Bertz CT molecular complexity index is 1130. The zero-order chi connectivity index (χ0) is 23.6. The minimum atomic E-state index is -3.60. The Morgan fingerprint density at radius 2 is 1.67 bits per heavy atom. The zero-order valence-electron chi connectivity index (χ0n) is 18.9. The monoisotopic (exact) mass is 491 g/mol. The van der Waals surface area contributed by atoms with E-state index >= 15 is 0 Å². The Hall–Kier alpha value is -2.27. The summed E-state index contributed by atoms with van der Waals surface area (Å²) >= 11 is 1.43. The fourth-order valence-corrected chi connectivity index (χ4v) is 6.97. The number of sulfonamides is 1. The molecule has 0 radical (unpaired) electrons. The van der Waals surface area contributed by atoms with Gasteiger partial charge in [-0.2, -0.15) is 4.31 Å². The van der Waals surface area contributed by atoms with E-state index in [1.165, 1.54) is 47.0 Å². The van der Waals surface area contributed by atoms with Gasteiger partial charge in [-0.1, -0.05) is 6.42 Å². The van der Waals surface area contributed by atoms with Crippen LogP contribution in [0.25, 0.3) is 0 Å². The number of hydrogen-bond donors (Lipinski definition) is 1. The van der Waals surface area contributed by atoms with Gasteiger partial charge in [-0.25, -0.2) is 13.2 Å². The summed E-state index contributed by atoms with van der Waals surface area (Å²) in [5.41, 5.74) is 1.75. The van der Waals surface area contributed by atoms with Gasteiger partial charge >= 0.3 is 5.97 Å². The molecule has 0 unspecified atom stereocenters. The molecule has 4 rings (SSSR count). The van der Waals surface area contributed by atoms with Crippen LogP contribution in [0.5, 0.6) is 0 Å². The minimum Gasteiger partial charge on any atom is -0.465 e. The van der Waals surface area contributed by atoms with Crippen molar-refractivity contribution in [1.82, 2.24) is 9.21 Å². The van der Waals surface area contributed by atoms with Crippen LogP contribution in [0.2, 0.25) is 0 Å². The lowest BCUT2D eigenvalue weighted by Gasteiger charge is -2.31. The molecular formula is C23H29N3O5S2. The number of thiophene rings is 1. The molecule has 0 saturated carbocycles. The topological polar surface area (TPSA) is 96.0 Å². The summed E-state index contributed by atoms with van der Waals surface area (Å²) in [5.74, 6) is -0.835. The SMILES string of the molecule is COC(=O)c1c(NC(=O)c2ccc(S(=O)(=O)N3CCN(C)CC3)cc2)sc2c1CCCCC2. The highest BCUT2D eigenvalue weighted by Gasteiger charge is 2.29. The number of aryl methyl sites for hydroxylation is 1. The second-order valence-corrected chi connectivity index (χ2v) is 11.5. The summed E-state index contributed by atoms with van der Waals surface area (Å²) < 4.78 is 32.3. The van der Waals surface area contributed by atoms with E-state index in [9.17, 15) is 18.0 Å². The second kappa shape index (κ2) is 9.92. The standard InChI is InChI=1S/C23H29N3O5S2/c1-25-12-14-26(15-13-25)33(29,30)17-10-8-16(9-11-17)21(27)24-22-20(23(28)31-2)18-6-4-3-5-7-19(18)32-22/h8-11H,3-7,12-15H2,1-2H3,(H,24,27). The first-order valence-corrected chi connectivity index (χ1v) is 13.4. The molecule has 10 heteroatoms. The average molecular weight is 492 g/mol. The van der Waals surface area contributed by atoms with Gasteiger partial charge in [-0.15, -0.1) is 11.3 Å². The summed E-state index contributed by atoms with van der Waals surface area (Å²) in [6, 6.07) is 5.95. The van der Waals surface area contributed by atoms with E-state index < -0.39 is 16.0 Å². The van der Waals surface area contributed by atoms with Crippen molar-refractivity contribution in [1.29, 1.82) is 0 Å². The predicted molar refractivity (Wildman–Crippen MR) is 128 cm³/mol. The maximum absolute atomic E-state index is 12.9. The van der Waals surface area contributed by atoms with Crippen LogP contribution < -0.4 is 5.32 Å². The van der Waals surface area contributed by atoms with Gasteiger partial charge in [-0.3, -0.25) is 4.79 Å². The lowest BCUT2D eigenvalue weighted by molar-refractivity contribution is 0.0601. The molecule has 1 saturated heterocycles. The van der Waals surface area contributed by atoms with Gasteiger partial charge in [0.15, 0.2) is 0 Å². The second-order valence-electron chi connectivity index (χ2n) is 8.45. The van der Waals surface area contributed by atoms with E-state index in [2.05, 4.69) is 10.2 Å². The molecule has 1 aliphatic heterocycles. The van der Waals surface area contributed by atoms with Crippen LogP contribution in [0.1, 0.15) is 50.4 Å². The Morgan fingerprint density at radius 1 is 1.00 bits per heavy atom. The molecule has 0 atom stereocenters. The molecular weight excluding hydrogens is 462 g/mol. The smallest absolute Gasteiger partial charge is 0.341 e. The van der Waals surface area contributed by atoms with Crippen molar-refractivity contribution in [2.24, 2.45) is 0 Å². The van der Waals surface area contributed by atoms with Crippen LogP contribution in [0.15, 0.2) is 29.2 Å². The van der Waals surface area contributed by atoms with Crippen molar-refractivity contribution < 1.29 is 22.7 Å². The van der Waals surface area contributed by atoms with Crippen molar-refractivity contribution in [2.45, 2.75) is 37.0 Å². The number of nitrogens with one attached hydrogen (secondary N) is 1. The van der Waals surface area contributed by atoms with Gasteiger partial charge in [0.1, 0.15) is 5.00 Å². The number of fused-ring (bicyclic) bond motifs is 1. The van der Waals surface area contributed by atoms with E-state index in [0.717, 1.165) is 42.5 Å². The van der Waals surface area contributed by atoms with E-state index in [-0.39, 0.29) is 10.8 Å². The molecule has 1 aromatic carbocycles. The summed E-state index contributed by atoms with van der Waals surface area (Å²) in [5, 5.41) is 3.35. The van der Waals surface area contributed by atoms with E-state index in [1.807, 2.05) is 7.05 Å². The summed E-state index contributed by atoms with van der Waals surface area (Å²) in [4.78, 5) is 28.8. The van der Waals surface area contributed by atoms with Gasteiger partial charge in [0.2, 0.25) is 10.0 Å². The number of amides is 1. The molecule has 1 aromatic heterocycles. The Labute approximate surface area is 198 Å². The third-order valence-electron chi connectivity index (χ3n) is 6.25. The van der Waals surface area contributed by atoms with Gasteiger partial charge < -0.3 is 15.0 Å². The quantitative estimate of drug-likeness (QED) is 0.510. The average Bonchev–Trinajstić information content (AvgIpc) is 2.98. The third kappa shape index (κ3) is 4.98. The number of piperazine rings is 1. The van der Waals surface area contributed by atoms with Crippen LogP contribution in [0.4, 0.5) is 5.00 Å². The number of ether oxygens (including phenoxy) is 1. The predicted octanol–water partition coefficient (Wildman–Crippen LogP) is 2.99. The van der Waals surface area contributed by atoms with E-state index in [1.54, 1.807) is 0 Å². The Kier molecular flexibility index (Phi) is 7.18. The lowest BCUT2D eigenvalue weighted by atomic mass is 10.1. The molecule has 1 N–H and O–H groups in total. The highest BCUT2D eigenvalue weighted by atomic mass is 32.2. The molecule has 1 amide bonds. The maximum atomic E-state index is 12.9. The van der Waals surface area contributed by atoms with Crippen molar-refractivity contribution in [3.8, 4) is 0 Å². The van der Waals surface area contributed by atoms with Crippen molar-refractivity contribution in [3.63, 3.8) is 0 Å². The van der Waals surface area contributed by atoms with Crippen molar-refractivity contribution >= 4 is 38.2 Å². The number of rotatable bonds is 5. The fourth-order valence-electron chi connectivity index (χ4n) is 4.28. The number of methoxy groups -OCH3 is 1. The van der Waals surface area contributed by atoms with Gasteiger partial charge in [0.05, 0.1) is 17.6 Å². The maximum Gasteiger partial charge on any atom is 0.341 e. The van der Waals surface area contributed by atoms with Crippen LogP contribution >= 0.6 is 11.3 Å². The Balaban J connectivity index is 1.53. The zero-order valence-corrected chi connectivity index (χ0v) is 20.6. The van der Waals surface area contributed by atoms with Gasteiger partial charge in [-0.05, 0) is 62.6 Å². The van der Waals surface area contributed by atoms with E-state index in [4.69, 9.17) is 4.74 Å². The van der Waals surface area contributed by atoms with Crippen LogP contribution in [0, 0.1) is 0 Å². The highest BCUT2D eigenvalue weighted by molar-refractivity contribution is 7.89. The van der Waals surface area contributed by atoms with Crippen LogP contribution in [-0.4, -0.2) is 69.8 Å². The molecule has 2 aliphatic rings. The van der Waals surface area contributed by atoms with Gasteiger partial charge in [0, 0.05) is 36.6 Å². The fraction of sp³-hybridized carbons (Fsp3) is 0.478. The molecule has 0 bridgehead atoms. The molecule has 2 aromatic rings. The molecule has 1 fully saturated rings. The first-order chi connectivity index (χ1) is 15.8. The lowest BCUT2D eigenvalue weighted by Crippen LogP contribution is -2.47. The number of esters is 1. The number of carbonyl (C=O) groups excluding carboxylic acids is 2. The first-order valence-electron chi connectivity index (χ1n) is 11.1. The minimum absolute atomic E-state index is 0.168. The number of anilines is 1. The normalized spacial score (nSPS) is 17.8. The number of hydrogen-bond acceptors (Lipinski definition) is 7. The molecule has 2 heterocycles. The number of likely N-dealkylation sites (N-methyl/N-ethyl adjacent to an activating group) is 1. The number of carbonyl (C=O) groups is 2. The molecule has 1 aliphatic carbocycles. The summed E-state index contributed by atoms with van der Waals surface area (Å²) in [7, 11) is -0.290. The Morgan fingerprint density at radius 3 is 2.33 bits per heavy atom. The molecule has 178 valence electrons. The van der Waals surface area contributed by atoms with Crippen molar-refractivity contribution in [2.75, 3.05) is 45.7 Å². The van der Waals surface area contributed by atoms with Crippen LogP contribution in [0.3, 0.4) is 0 Å². The molecule has 0 spiro atoms. The number of nitrogens with zero attached hydrogens (tertiary/aromatic N) is 2. The molecule has 33 heavy (non-hydrogen) atoms. The van der Waals surface area contributed by atoms with Crippen LogP contribution in [-0.2, 0) is 27.6 Å². The summed E-state index contributed by atoms with van der Waals surface area (Å²) in [6.45, 7) is 2.26. The number of benzene rings is 1. The highest BCUT2D eigenvalue weighted by Crippen LogP contribution is 2.38. The summed E-state index contributed by atoms with van der Waals surface area (Å²) in [6.07, 6.45) is 4.87. The third-order valence-corrected chi connectivity index (χ3v) is 9.37. The molecule has 8 nitrogen and oxygen atoms in total. The van der Waals surface area contributed by atoms with E-state index in [0.29, 0.717) is 42.3 Å². The van der Waals surface area contributed by atoms with Gasteiger partial charge in [0.25, 0.3) is 5.91 Å².